The van der Waals surface area contributed by atoms with Crippen LogP contribution in [-0.2, 0) is 19.7 Å². The number of nitrogens with zero attached hydrogens (tertiary/aromatic N) is 3. The predicted octanol–water partition coefficient (Wildman–Crippen LogP) is 4.75. The van der Waals surface area contributed by atoms with Gasteiger partial charge in [-0.1, -0.05) is 36.4 Å². The van der Waals surface area contributed by atoms with Gasteiger partial charge in [0.25, 0.3) is 0 Å². The Labute approximate surface area is 177 Å². The van der Waals surface area contributed by atoms with Gasteiger partial charge in [0.05, 0.1) is 17.1 Å². The van der Waals surface area contributed by atoms with Crippen LogP contribution in [0.15, 0.2) is 79.0 Å². The number of aryl methyl sites for hydroxylation is 1. The zero-order chi connectivity index (χ0) is 20.8. The van der Waals surface area contributed by atoms with Gasteiger partial charge in [0, 0.05) is 30.5 Å². The Balaban J connectivity index is 1.36. The largest absolute Gasteiger partial charge is 0.487 e. The maximum atomic E-state index is 5.88. The molecule has 4 rings (SSSR count). The molecule has 0 saturated carbocycles. The molecule has 0 aliphatic carbocycles. The molecule has 0 spiro atoms. The molecule has 0 bridgehead atoms. The van der Waals surface area contributed by atoms with Gasteiger partial charge in [-0.2, -0.15) is 5.10 Å². The summed E-state index contributed by atoms with van der Waals surface area (Å²) in [5, 5.41) is 8.27. The average molecular weight is 399 g/mol. The SMILES string of the molecule is Cc1nn(-c2ccccc2)c(C)c1CNCc1cccc(OCc2ccccn2)c1. The van der Waals surface area contributed by atoms with Crippen molar-refractivity contribution in [2.75, 3.05) is 0 Å². The Hall–Kier alpha value is -3.44. The average Bonchev–Trinajstić information content (AvgIpc) is 3.08. The van der Waals surface area contributed by atoms with Gasteiger partial charge in [-0.15, -0.1) is 0 Å². The first kappa shape index (κ1) is 19.9. The van der Waals surface area contributed by atoms with E-state index in [-0.39, 0.29) is 0 Å². The van der Waals surface area contributed by atoms with E-state index in [2.05, 4.69) is 48.4 Å². The molecule has 1 N–H and O–H groups in total. The minimum Gasteiger partial charge on any atom is -0.487 e. The Morgan fingerprint density at radius 3 is 2.53 bits per heavy atom. The highest BCUT2D eigenvalue weighted by molar-refractivity contribution is 5.37. The third-order valence-electron chi connectivity index (χ3n) is 5.08. The Bertz CT molecular complexity index is 1090. The number of ether oxygens (including phenoxy) is 1. The highest BCUT2D eigenvalue weighted by Gasteiger charge is 2.12. The van der Waals surface area contributed by atoms with E-state index in [0.29, 0.717) is 6.61 Å². The first-order valence-electron chi connectivity index (χ1n) is 10.1. The van der Waals surface area contributed by atoms with Gasteiger partial charge in [0.2, 0.25) is 0 Å². The second-order valence-corrected chi connectivity index (χ2v) is 7.26. The Morgan fingerprint density at radius 1 is 0.900 bits per heavy atom. The number of para-hydroxylation sites is 1. The van der Waals surface area contributed by atoms with Crippen LogP contribution in [0.1, 0.15) is 28.2 Å². The number of hydrogen-bond donors (Lipinski definition) is 1. The van der Waals surface area contributed by atoms with Crippen LogP contribution in [0.25, 0.3) is 5.69 Å². The normalized spacial score (nSPS) is 10.9. The molecule has 0 radical (unpaired) electrons. The molecule has 0 saturated heterocycles. The molecule has 0 amide bonds. The maximum absolute atomic E-state index is 5.88. The predicted molar refractivity (Wildman–Crippen MR) is 119 cm³/mol. The lowest BCUT2D eigenvalue weighted by molar-refractivity contribution is 0.301. The van der Waals surface area contributed by atoms with Crippen molar-refractivity contribution in [3.05, 3.63) is 107 Å². The van der Waals surface area contributed by atoms with Crippen molar-refractivity contribution in [2.24, 2.45) is 0 Å². The molecule has 30 heavy (non-hydrogen) atoms. The van der Waals surface area contributed by atoms with Crippen LogP contribution in [0.2, 0.25) is 0 Å². The van der Waals surface area contributed by atoms with Gasteiger partial charge in [-0.3, -0.25) is 4.98 Å². The Kier molecular flexibility index (Phi) is 6.20. The van der Waals surface area contributed by atoms with E-state index in [0.717, 1.165) is 35.9 Å². The molecule has 0 unspecified atom stereocenters. The lowest BCUT2D eigenvalue weighted by Crippen LogP contribution is -2.14. The van der Waals surface area contributed by atoms with E-state index in [9.17, 15) is 0 Å². The van der Waals surface area contributed by atoms with E-state index in [1.54, 1.807) is 6.20 Å². The van der Waals surface area contributed by atoms with Gasteiger partial charge in [0.15, 0.2) is 0 Å². The molecule has 2 heterocycles. The van der Waals surface area contributed by atoms with E-state index in [1.165, 1.54) is 16.8 Å². The number of nitrogens with one attached hydrogen (secondary N) is 1. The molecule has 152 valence electrons. The molecule has 5 nitrogen and oxygen atoms in total. The monoisotopic (exact) mass is 398 g/mol. The molecular weight excluding hydrogens is 372 g/mol. The van der Waals surface area contributed by atoms with Gasteiger partial charge >= 0.3 is 0 Å². The fourth-order valence-corrected chi connectivity index (χ4v) is 3.47. The van der Waals surface area contributed by atoms with Crippen molar-refractivity contribution >= 4 is 0 Å². The number of pyridine rings is 1. The quantitative estimate of drug-likeness (QED) is 0.465. The number of rotatable bonds is 8. The lowest BCUT2D eigenvalue weighted by atomic mass is 10.1. The van der Waals surface area contributed by atoms with Crippen LogP contribution >= 0.6 is 0 Å². The lowest BCUT2D eigenvalue weighted by Gasteiger charge is -2.09. The summed E-state index contributed by atoms with van der Waals surface area (Å²) in [5.74, 6) is 0.851. The molecule has 0 fully saturated rings. The summed E-state index contributed by atoms with van der Waals surface area (Å²) >= 11 is 0. The summed E-state index contributed by atoms with van der Waals surface area (Å²) < 4.78 is 7.90. The van der Waals surface area contributed by atoms with Crippen LogP contribution in [-0.4, -0.2) is 14.8 Å². The molecule has 2 aromatic heterocycles. The zero-order valence-electron chi connectivity index (χ0n) is 17.4. The van der Waals surface area contributed by atoms with Gasteiger partial charge < -0.3 is 10.1 Å². The third-order valence-corrected chi connectivity index (χ3v) is 5.08. The first-order chi connectivity index (χ1) is 14.7. The van der Waals surface area contributed by atoms with Crippen molar-refractivity contribution in [1.29, 1.82) is 0 Å². The highest BCUT2D eigenvalue weighted by atomic mass is 16.5. The molecule has 2 aromatic carbocycles. The summed E-state index contributed by atoms with van der Waals surface area (Å²) in [7, 11) is 0. The molecule has 0 atom stereocenters. The van der Waals surface area contributed by atoms with Crippen LogP contribution < -0.4 is 10.1 Å². The maximum Gasteiger partial charge on any atom is 0.130 e. The summed E-state index contributed by atoms with van der Waals surface area (Å²) in [4.78, 5) is 4.29. The van der Waals surface area contributed by atoms with Gasteiger partial charge in [-0.05, 0) is 55.8 Å². The summed E-state index contributed by atoms with van der Waals surface area (Å²) in [6.07, 6.45) is 1.78. The zero-order valence-corrected chi connectivity index (χ0v) is 17.4. The Morgan fingerprint density at radius 2 is 1.73 bits per heavy atom. The number of hydrogen-bond acceptors (Lipinski definition) is 4. The summed E-state index contributed by atoms with van der Waals surface area (Å²) in [5.41, 5.74) is 6.64. The van der Waals surface area contributed by atoms with Crippen LogP contribution in [0.5, 0.6) is 5.75 Å². The highest BCUT2D eigenvalue weighted by Crippen LogP contribution is 2.18. The third kappa shape index (κ3) is 4.75. The van der Waals surface area contributed by atoms with Crippen LogP contribution in [0, 0.1) is 13.8 Å². The van der Waals surface area contributed by atoms with Crippen molar-refractivity contribution in [1.82, 2.24) is 20.1 Å². The minimum atomic E-state index is 0.467. The smallest absolute Gasteiger partial charge is 0.130 e. The minimum absolute atomic E-state index is 0.467. The topological polar surface area (TPSA) is 52.0 Å². The van der Waals surface area contributed by atoms with E-state index < -0.39 is 0 Å². The second-order valence-electron chi connectivity index (χ2n) is 7.26. The van der Waals surface area contributed by atoms with E-state index in [4.69, 9.17) is 9.84 Å². The molecule has 0 aliphatic rings. The van der Waals surface area contributed by atoms with Gasteiger partial charge in [0.1, 0.15) is 12.4 Å². The van der Waals surface area contributed by atoms with E-state index in [1.807, 2.05) is 53.2 Å². The molecule has 0 aliphatic heterocycles. The van der Waals surface area contributed by atoms with E-state index >= 15 is 0 Å². The van der Waals surface area contributed by atoms with Crippen molar-refractivity contribution < 1.29 is 4.74 Å². The first-order valence-corrected chi connectivity index (χ1v) is 10.1. The van der Waals surface area contributed by atoms with Crippen molar-refractivity contribution in [3.8, 4) is 11.4 Å². The summed E-state index contributed by atoms with van der Waals surface area (Å²) in [6.45, 7) is 6.18. The standard InChI is InChI=1S/C25H26N4O/c1-19-25(20(2)29(28-19)23-11-4-3-5-12-23)17-26-16-21-9-8-13-24(15-21)30-18-22-10-6-7-14-27-22/h3-15,26H,16-18H2,1-2H3. The number of benzene rings is 2. The second kappa shape index (κ2) is 9.37. The fourth-order valence-electron chi connectivity index (χ4n) is 3.47. The molecular formula is C25H26N4O. The molecule has 4 aromatic rings. The van der Waals surface area contributed by atoms with Crippen molar-refractivity contribution in [2.45, 2.75) is 33.5 Å². The van der Waals surface area contributed by atoms with Crippen molar-refractivity contribution in [3.63, 3.8) is 0 Å². The number of aromatic nitrogens is 3. The van der Waals surface area contributed by atoms with Gasteiger partial charge in [-0.25, -0.2) is 4.68 Å². The molecule has 5 heteroatoms. The van der Waals surface area contributed by atoms with Crippen LogP contribution in [0.3, 0.4) is 0 Å². The summed E-state index contributed by atoms with van der Waals surface area (Å²) in [6, 6.07) is 24.3. The van der Waals surface area contributed by atoms with Crippen LogP contribution in [0.4, 0.5) is 0 Å². The fraction of sp³-hybridized carbons (Fsp3) is 0.200.